The second kappa shape index (κ2) is 8.46. The molecule has 2 aromatic carbocycles. The molecular weight excluding hydrogens is 422 g/mol. The molecule has 4 rings (SSSR count). The van der Waals surface area contributed by atoms with Gasteiger partial charge in [0.1, 0.15) is 0 Å². The largest absolute Gasteiger partial charge is 0.454 e. The summed E-state index contributed by atoms with van der Waals surface area (Å²) in [5, 5.41) is 0. The Balaban J connectivity index is 1.39. The van der Waals surface area contributed by atoms with E-state index in [-0.39, 0.29) is 18.6 Å². The van der Waals surface area contributed by atoms with Crippen LogP contribution in [0.5, 0.6) is 11.5 Å². The molecule has 0 atom stereocenters. The molecule has 9 nitrogen and oxygen atoms in total. The second-order valence-corrected chi connectivity index (χ2v) is 9.21. The molecule has 2 amide bonds. The molecule has 164 valence electrons. The van der Waals surface area contributed by atoms with Crippen molar-refractivity contribution in [1.29, 1.82) is 0 Å². The monoisotopic (exact) mass is 445 g/mol. The van der Waals surface area contributed by atoms with Gasteiger partial charge in [-0.05, 0) is 48.9 Å². The molecule has 31 heavy (non-hydrogen) atoms. The fourth-order valence-electron chi connectivity index (χ4n) is 3.61. The van der Waals surface area contributed by atoms with Crippen LogP contribution in [0.15, 0.2) is 42.5 Å². The van der Waals surface area contributed by atoms with Crippen molar-refractivity contribution in [3.63, 3.8) is 0 Å². The summed E-state index contributed by atoms with van der Waals surface area (Å²) in [5.41, 5.74) is 1.39. The van der Waals surface area contributed by atoms with E-state index in [9.17, 15) is 18.0 Å². The van der Waals surface area contributed by atoms with Crippen LogP contribution >= 0.6 is 0 Å². The number of ether oxygens (including phenoxy) is 2. The summed E-state index contributed by atoms with van der Waals surface area (Å²) in [6.45, 7) is 2.08. The topological polar surface area (TPSA) is 105 Å². The van der Waals surface area contributed by atoms with Crippen LogP contribution in [0, 0.1) is 0 Å². The van der Waals surface area contributed by atoms with E-state index in [2.05, 4.69) is 4.72 Å². The van der Waals surface area contributed by atoms with E-state index in [1.54, 1.807) is 52.3 Å². The number of anilines is 1. The zero-order valence-corrected chi connectivity index (χ0v) is 17.9. The minimum atomic E-state index is -3.37. The Bertz CT molecular complexity index is 1100. The maximum Gasteiger partial charge on any atom is 0.254 e. The number of rotatable bonds is 4. The molecule has 2 aliphatic heterocycles. The number of hydrogen-bond acceptors (Lipinski definition) is 6. The maximum atomic E-state index is 12.9. The van der Waals surface area contributed by atoms with Gasteiger partial charge in [0.05, 0.1) is 6.26 Å². The van der Waals surface area contributed by atoms with Gasteiger partial charge in [-0.2, -0.15) is 0 Å². The molecule has 2 aromatic rings. The van der Waals surface area contributed by atoms with Gasteiger partial charge >= 0.3 is 0 Å². The van der Waals surface area contributed by atoms with Gasteiger partial charge in [0.2, 0.25) is 16.8 Å². The van der Waals surface area contributed by atoms with Crippen molar-refractivity contribution in [3.8, 4) is 11.5 Å². The molecular formula is C21H23N3O6S. The van der Waals surface area contributed by atoms with Crippen LogP contribution in [0.1, 0.15) is 27.1 Å². The van der Waals surface area contributed by atoms with Gasteiger partial charge in [-0.1, -0.05) is 0 Å². The number of benzene rings is 2. The first kappa shape index (κ1) is 21.0. The van der Waals surface area contributed by atoms with Crippen LogP contribution < -0.4 is 14.2 Å². The minimum absolute atomic E-state index is 0.108. The molecule has 0 unspecified atom stereocenters. The van der Waals surface area contributed by atoms with E-state index in [1.807, 2.05) is 0 Å². The molecule has 1 N–H and O–H groups in total. The number of nitrogens with one attached hydrogen (secondary N) is 1. The van der Waals surface area contributed by atoms with Crippen molar-refractivity contribution in [2.24, 2.45) is 0 Å². The van der Waals surface area contributed by atoms with Crippen LogP contribution in [-0.2, 0) is 10.0 Å². The first-order valence-electron chi connectivity index (χ1n) is 9.86. The van der Waals surface area contributed by atoms with Gasteiger partial charge in [0.25, 0.3) is 11.8 Å². The van der Waals surface area contributed by atoms with Gasteiger partial charge in [0, 0.05) is 43.0 Å². The number of amides is 2. The highest BCUT2D eigenvalue weighted by Crippen LogP contribution is 2.32. The van der Waals surface area contributed by atoms with Gasteiger partial charge < -0.3 is 19.3 Å². The summed E-state index contributed by atoms with van der Waals surface area (Å²) in [6.07, 6.45) is 1.73. The van der Waals surface area contributed by atoms with E-state index in [0.717, 1.165) is 6.26 Å². The highest BCUT2D eigenvalue weighted by Gasteiger charge is 2.25. The highest BCUT2D eigenvalue weighted by atomic mass is 32.2. The van der Waals surface area contributed by atoms with Crippen LogP contribution in [-0.4, -0.2) is 69.3 Å². The number of hydrogen-bond donors (Lipinski definition) is 1. The van der Waals surface area contributed by atoms with Crippen molar-refractivity contribution in [2.45, 2.75) is 6.42 Å². The number of carbonyl (C=O) groups is 2. The Labute approximate surface area is 180 Å². The average Bonchev–Trinajstić information content (AvgIpc) is 3.07. The van der Waals surface area contributed by atoms with E-state index >= 15 is 0 Å². The van der Waals surface area contributed by atoms with Gasteiger partial charge in [-0.3, -0.25) is 14.3 Å². The van der Waals surface area contributed by atoms with E-state index in [1.165, 1.54) is 0 Å². The quantitative estimate of drug-likeness (QED) is 0.769. The molecule has 0 radical (unpaired) electrons. The van der Waals surface area contributed by atoms with Gasteiger partial charge in [-0.25, -0.2) is 8.42 Å². The van der Waals surface area contributed by atoms with Gasteiger partial charge in [-0.15, -0.1) is 0 Å². The zero-order valence-electron chi connectivity index (χ0n) is 17.0. The molecule has 2 heterocycles. The molecule has 2 aliphatic rings. The Kier molecular flexibility index (Phi) is 5.73. The highest BCUT2D eigenvalue weighted by molar-refractivity contribution is 7.92. The summed E-state index contributed by atoms with van der Waals surface area (Å²) in [7, 11) is -3.37. The zero-order chi connectivity index (χ0) is 22.0. The van der Waals surface area contributed by atoms with E-state index in [4.69, 9.17) is 9.47 Å². The van der Waals surface area contributed by atoms with Gasteiger partial charge in [0.15, 0.2) is 11.5 Å². The summed E-state index contributed by atoms with van der Waals surface area (Å²) in [4.78, 5) is 29.3. The predicted octanol–water partition coefficient (Wildman–Crippen LogP) is 1.78. The minimum Gasteiger partial charge on any atom is -0.454 e. The summed E-state index contributed by atoms with van der Waals surface area (Å²) in [6, 6.07) is 11.4. The fourth-order valence-corrected chi connectivity index (χ4v) is 4.18. The summed E-state index contributed by atoms with van der Waals surface area (Å²) in [5.74, 6) is 0.931. The standard InChI is InChI=1S/C21H23N3O6S/c1-31(27,28)22-17-6-3-15(4-7-17)20(25)23-9-2-10-24(12-11-23)21(26)16-5-8-18-19(13-16)30-14-29-18/h3-8,13,22H,2,9-12,14H2,1H3. The number of fused-ring (bicyclic) bond motifs is 1. The molecule has 0 saturated carbocycles. The Morgan fingerprint density at radius 2 is 1.42 bits per heavy atom. The lowest BCUT2D eigenvalue weighted by Gasteiger charge is -2.22. The first-order chi connectivity index (χ1) is 14.8. The third kappa shape index (κ3) is 4.91. The average molecular weight is 445 g/mol. The lowest BCUT2D eigenvalue weighted by atomic mass is 10.1. The van der Waals surface area contributed by atoms with Crippen molar-refractivity contribution in [1.82, 2.24) is 9.80 Å². The van der Waals surface area contributed by atoms with Crippen LogP contribution in [0.4, 0.5) is 5.69 Å². The van der Waals surface area contributed by atoms with Crippen LogP contribution in [0.2, 0.25) is 0 Å². The lowest BCUT2D eigenvalue weighted by Crippen LogP contribution is -2.37. The SMILES string of the molecule is CS(=O)(=O)Nc1ccc(C(=O)N2CCCN(C(=O)c3ccc4c(c3)OCO4)CC2)cc1. The third-order valence-corrected chi connectivity index (χ3v) is 5.73. The third-order valence-electron chi connectivity index (χ3n) is 5.12. The maximum absolute atomic E-state index is 12.9. The molecule has 0 spiro atoms. The molecule has 0 aliphatic carbocycles. The molecule has 1 saturated heterocycles. The number of carbonyl (C=O) groups excluding carboxylic acids is 2. The molecule has 0 aromatic heterocycles. The number of nitrogens with zero attached hydrogens (tertiary/aromatic N) is 2. The summed E-state index contributed by atoms with van der Waals surface area (Å²) >= 11 is 0. The van der Waals surface area contributed by atoms with Crippen molar-refractivity contribution >= 4 is 27.5 Å². The molecule has 10 heteroatoms. The lowest BCUT2D eigenvalue weighted by molar-refractivity contribution is 0.0718. The van der Waals surface area contributed by atoms with E-state index < -0.39 is 10.0 Å². The Hall–Kier alpha value is -3.27. The van der Waals surface area contributed by atoms with Crippen LogP contribution in [0.25, 0.3) is 0 Å². The molecule has 1 fully saturated rings. The Morgan fingerprint density at radius 3 is 2.06 bits per heavy atom. The van der Waals surface area contributed by atoms with Crippen molar-refractivity contribution < 1.29 is 27.5 Å². The molecule has 0 bridgehead atoms. The predicted molar refractivity (Wildman–Crippen MR) is 114 cm³/mol. The first-order valence-corrected chi connectivity index (χ1v) is 11.8. The van der Waals surface area contributed by atoms with Crippen LogP contribution in [0.3, 0.4) is 0 Å². The second-order valence-electron chi connectivity index (χ2n) is 7.46. The summed E-state index contributed by atoms with van der Waals surface area (Å²) < 4.78 is 35.6. The fraction of sp³-hybridized carbons (Fsp3) is 0.333. The normalized spacial score (nSPS) is 16.0. The smallest absolute Gasteiger partial charge is 0.254 e. The number of sulfonamides is 1. The Morgan fingerprint density at radius 1 is 0.839 bits per heavy atom. The van der Waals surface area contributed by atoms with Crippen molar-refractivity contribution in [3.05, 3.63) is 53.6 Å². The van der Waals surface area contributed by atoms with E-state index in [0.29, 0.717) is 60.9 Å². The van der Waals surface area contributed by atoms with Crippen molar-refractivity contribution in [2.75, 3.05) is 43.9 Å².